The lowest BCUT2D eigenvalue weighted by atomic mass is 10.3. The van der Waals surface area contributed by atoms with Crippen LogP contribution in [-0.4, -0.2) is 51.3 Å². The molecule has 1 amide bonds. The zero-order chi connectivity index (χ0) is 12.8. The average Bonchev–Trinajstić information content (AvgIpc) is 2.59. The van der Waals surface area contributed by atoms with Crippen LogP contribution in [-0.2, 0) is 23.1 Å². The van der Waals surface area contributed by atoms with Crippen molar-refractivity contribution in [2.24, 2.45) is 12.8 Å². The summed E-state index contributed by atoms with van der Waals surface area (Å²) in [4.78, 5) is 22.9. The Kier molecular flexibility index (Phi) is 4.65. The molecule has 7 heteroatoms. The first-order chi connectivity index (χ1) is 7.99. The number of carbonyl (C=O) groups excluding carboxylic acids is 1. The van der Waals surface area contributed by atoms with E-state index in [9.17, 15) is 9.59 Å². The van der Waals surface area contributed by atoms with Gasteiger partial charge in [0.2, 0.25) is 5.91 Å². The molecule has 0 aliphatic rings. The largest absolute Gasteiger partial charge is 0.480 e. The number of nitrogens with zero attached hydrogens (tertiary/aromatic N) is 3. The minimum absolute atomic E-state index is 0.0514. The maximum absolute atomic E-state index is 10.8. The van der Waals surface area contributed by atoms with Crippen LogP contribution in [0.1, 0.15) is 5.69 Å². The van der Waals surface area contributed by atoms with Crippen LogP contribution >= 0.6 is 0 Å². The van der Waals surface area contributed by atoms with E-state index in [2.05, 4.69) is 5.10 Å². The lowest BCUT2D eigenvalue weighted by Gasteiger charge is -2.18. The second-order valence-corrected chi connectivity index (χ2v) is 3.77. The van der Waals surface area contributed by atoms with Crippen LogP contribution in [0.2, 0.25) is 0 Å². The van der Waals surface area contributed by atoms with E-state index in [1.54, 1.807) is 10.9 Å². The Labute approximate surface area is 98.8 Å². The van der Waals surface area contributed by atoms with Crippen molar-refractivity contribution in [1.82, 2.24) is 14.7 Å². The van der Waals surface area contributed by atoms with E-state index in [-0.39, 0.29) is 13.1 Å². The minimum Gasteiger partial charge on any atom is -0.480 e. The van der Waals surface area contributed by atoms with Crippen LogP contribution in [0.15, 0.2) is 12.3 Å². The fourth-order valence-corrected chi connectivity index (χ4v) is 1.54. The molecule has 1 rings (SSSR count). The van der Waals surface area contributed by atoms with Crippen molar-refractivity contribution in [2.75, 3.05) is 19.6 Å². The van der Waals surface area contributed by atoms with Gasteiger partial charge in [0.15, 0.2) is 0 Å². The number of primary amides is 1. The maximum atomic E-state index is 10.8. The summed E-state index contributed by atoms with van der Waals surface area (Å²) >= 11 is 0. The van der Waals surface area contributed by atoms with Crippen molar-refractivity contribution in [1.29, 1.82) is 0 Å². The molecule has 1 aromatic rings. The SMILES string of the molecule is Cn1nccc1CCN(CC(N)=O)CC(=O)O. The Hall–Kier alpha value is -1.89. The van der Waals surface area contributed by atoms with Gasteiger partial charge in [-0.3, -0.25) is 19.2 Å². The van der Waals surface area contributed by atoms with Crippen LogP contribution in [0, 0.1) is 0 Å². The summed E-state index contributed by atoms with van der Waals surface area (Å²) in [7, 11) is 1.81. The van der Waals surface area contributed by atoms with Gasteiger partial charge in [0.1, 0.15) is 0 Å². The lowest BCUT2D eigenvalue weighted by Crippen LogP contribution is -2.38. The molecular formula is C10H16N4O3. The molecule has 0 fully saturated rings. The van der Waals surface area contributed by atoms with E-state index in [0.29, 0.717) is 13.0 Å². The summed E-state index contributed by atoms with van der Waals surface area (Å²) in [6.07, 6.45) is 2.29. The Morgan fingerprint density at radius 3 is 2.71 bits per heavy atom. The molecule has 0 unspecified atom stereocenters. The fraction of sp³-hybridized carbons (Fsp3) is 0.500. The Bertz CT molecular complexity index is 386. The van der Waals surface area contributed by atoms with E-state index in [4.69, 9.17) is 10.8 Å². The van der Waals surface area contributed by atoms with Crippen LogP contribution in [0.4, 0.5) is 0 Å². The van der Waals surface area contributed by atoms with Crippen molar-refractivity contribution in [3.63, 3.8) is 0 Å². The maximum Gasteiger partial charge on any atom is 0.317 e. The Morgan fingerprint density at radius 2 is 2.24 bits per heavy atom. The molecular weight excluding hydrogens is 224 g/mol. The third kappa shape index (κ3) is 4.64. The normalized spacial score (nSPS) is 10.7. The van der Waals surface area contributed by atoms with Gasteiger partial charge in [-0.25, -0.2) is 0 Å². The lowest BCUT2D eigenvalue weighted by molar-refractivity contribution is -0.138. The predicted octanol–water partition coefficient (Wildman–Crippen LogP) is -1.17. The number of aryl methyl sites for hydroxylation is 1. The van der Waals surface area contributed by atoms with Crippen LogP contribution < -0.4 is 5.73 Å². The molecule has 0 saturated heterocycles. The minimum atomic E-state index is -0.976. The number of carboxylic acids is 1. The van der Waals surface area contributed by atoms with Crippen molar-refractivity contribution in [3.05, 3.63) is 18.0 Å². The summed E-state index contributed by atoms with van der Waals surface area (Å²) in [6.45, 7) is 0.208. The number of hydrogen-bond donors (Lipinski definition) is 2. The number of hydrogen-bond acceptors (Lipinski definition) is 4. The van der Waals surface area contributed by atoms with Crippen LogP contribution in [0.3, 0.4) is 0 Å². The zero-order valence-electron chi connectivity index (χ0n) is 9.67. The molecule has 0 atom stereocenters. The number of aromatic nitrogens is 2. The summed E-state index contributed by atoms with van der Waals surface area (Å²) in [5, 5.41) is 12.7. The van der Waals surface area contributed by atoms with Gasteiger partial charge < -0.3 is 10.8 Å². The van der Waals surface area contributed by atoms with Gasteiger partial charge in [0.25, 0.3) is 0 Å². The summed E-state index contributed by atoms with van der Waals surface area (Å²) < 4.78 is 1.71. The monoisotopic (exact) mass is 240 g/mol. The first-order valence-corrected chi connectivity index (χ1v) is 5.18. The second-order valence-electron chi connectivity index (χ2n) is 3.77. The van der Waals surface area contributed by atoms with Gasteiger partial charge in [-0.2, -0.15) is 5.10 Å². The molecule has 1 heterocycles. The van der Waals surface area contributed by atoms with Crippen molar-refractivity contribution < 1.29 is 14.7 Å². The molecule has 1 aromatic heterocycles. The first-order valence-electron chi connectivity index (χ1n) is 5.18. The highest BCUT2D eigenvalue weighted by molar-refractivity contribution is 5.77. The topological polar surface area (TPSA) is 101 Å². The van der Waals surface area contributed by atoms with E-state index >= 15 is 0 Å². The fourth-order valence-electron chi connectivity index (χ4n) is 1.54. The Morgan fingerprint density at radius 1 is 1.53 bits per heavy atom. The number of rotatable bonds is 7. The smallest absolute Gasteiger partial charge is 0.317 e. The third-order valence-corrected chi connectivity index (χ3v) is 2.34. The Balaban J connectivity index is 2.51. The van der Waals surface area contributed by atoms with Gasteiger partial charge in [-0.05, 0) is 6.07 Å². The molecule has 0 aliphatic carbocycles. The molecule has 0 saturated carbocycles. The van der Waals surface area contributed by atoms with Gasteiger partial charge >= 0.3 is 5.97 Å². The van der Waals surface area contributed by atoms with Gasteiger partial charge in [-0.1, -0.05) is 0 Å². The van der Waals surface area contributed by atoms with Crippen molar-refractivity contribution in [3.8, 4) is 0 Å². The molecule has 17 heavy (non-hydrogen) atoms. The molecule has 0 radical (unpaired) electrons. The quantitative estimate of drug-likeness (QED) is 0.625. The number of carbonyl (C=O) groups is 2. The molecule has 94 valence electrons. The van der Waals surface area contributed by atoms with Crippen LogP contribution in [0.5, 0.6) is 0 Å². The molecule has 0 bridgehead atoms. The summed E-state index contributed by atoms with van der Waals surface area (Å²) in [5.74, 6) is -1.51. The summed E-state index contributed by atoms with van der Waals surface area (Å²) in [5.41, 5.74) is 6.03. The van der Waals surface area contributed by atoms with Gasteiger partial charge in [0, 0.05) is 31.9 Å². The molecule has 0 aromatic carbocycles. The molecule has 0 aliphatic heterocycles. The highest BCUT2D eigenvalue weighted by Gasteiger charge is 2.12. The van der Waals surface area contributed by atoms with Crippen molar-refractivity contribution in [2.45, 2.75) is 6.42 Å². The number of nitrogens with two attached hydrogens (primary N) is 1. The first kappa shape index (κ1) is 13.2. The van der Waals surface area contributed by atoms with Crippen molar-refractivity contribution >= 4 is 11.9 Å². The van der Waals surface area contributed by atoms with Gasteiger partial charge in [-0.15, -0.1) is 0 Å². The van der Waals surface area contributed by atoms with E-state index in [1.165, 1.54) is 4.90 Å². The van der Waals surface area contributed by atoms with E-state index in [1.807, 2.05) is 13.1 Å². The zero-order valence-corrected chi connectivity index (χ0v) is 9.67. The third-order valence-electron chi connectivity index (χ3n) is 2.34. The van der Waals surface area contributed by atoms with Crippen LogP contribution in [0.25, 0.3) is 0 Å². The second kappa shape index (κ2) is 6.00. The highest BCUT2D eigenvalue weighted by Crippen LogP contribution is 2.00. The number of carboxylic acid groups (broad SMARTS) is 1. The van der Waals surface area contributed by atoms with E-state index in [0.717, 1.165) is 5.69 Å². The molecule has 7 nitrogen and oxygen atoms in total. The predicted molar refractivity (Wildman–Crippen MR) is 60.2 cm³/mol. The molecule has 0 spiro atoms. The average molecular weight is 240 g/mol. The van der Waals surface area contributed by atoms with Gasteiger partial charge in [0.05, 0.1) is 13.1 Å². The number of amides is 1. The number of aliphatic carboxylic acids is 1. The highest BCUT2D eigenvalue weighted by atomic mass is 16.4. The van der Waals surface area contributed by atoms with E-state index < -0.39 is 11.9 Å². The molecule has 3 N–H and O–H groups in total. The standard InChI is InChI=1S/C10H16N4O3/c1-13-8(2-4-12-13)3-5-14(6-9(11)15)7-10(16)17/h2,4H,3,5-7H2,1H3,(H2,11,15)(H,16,17). The summed E-state index contributed by atoms with van der Waals surface area (Å²) in [6, 6.07) is 1.85.